The molecule has 0 spiro atoms. The number of methoxy groups -OCH3 is 1. The molecular weight excluding hydrogens is 410 g/mol. The number of amides is 1. The van der Waals surface area contributed by atoms with Crippen LogP contribution in [-0.2, 0) is 4.79 Å². The highest BCUT2D eigenvalue weighted by Crippen LogP contribution is 2.39. The minimum absolute atomic E-state index is 0.00544. The number of ether oxygens (including phenoxy) is 1. The van der Waals surface area contributed by atoms with Gasteiger partial charge in [-0.2, -0.15) is 0 Å². The average Bonchev–Trinajstić information content (AvgIpc) is 3.34. The Labute approximate surface area is 185 Å². The van der Waals surface area contributed by atoms with Gasteiger partial charge in [0.25, 0.3) is 0 Å². The molecule has 3 heterocycles. The first-order valence-electron chi connectivity index (χ1n) is 10.4. The smallest absolute Gasteiger partial charge is 0.239 e. The Morgan fingerprint density at radius 1 is 1.28 bits per heavy atom. The molecule has 1 N–H and O–H groups in total. The largest absolute Gasteiger partial charge is 0.868 e. The minimum atomic E-state index is -0.802. The van der Waals surface area contributed by atoms with Gasteiger partial charge in [-0.05, 0) is 29.5 Å². The molecule has 4 rings (SSSR count). The molecule has 166 valence electrons. The van der Waals surface area contributed by atoms with Crippen LogP contribution < -0.4 is 14.7 Å². The van der Waals surface area contributed by atoms with Gasteiger partial charge >= 0.3 is 0 Å². The first-order chi connectivity index (χ1) is 15.4. The second-order valence-corrected chi connectivity index (χ2v) is 8.06. The van der Waals surface area contributed by atoms with Crippen molar-refractivity contribution in [3.8, 4) is 5.75 Å². The van der Waals surface area contributed by atoms with Gasteiger partial charge in [0.1, 0.15) is 0 Å². The Kier molecular flexibility index (Phi) is 5.96. The van der Waals surface area contributed by atoms with Crippen molar-refractivity contribution in [3.05, 3.63) is 71.4 Å². The van der Waals surface area contributed by atoms with Gasteiger partial charge in [-0.1, -0.05) is 18.2 Å². The van der Waals surface area contributed by atoms with Crippen molar-refractivity contribution in [1.29, 1.82) is 0 Å². The Bertz CT molecular complexity index is 1180. The van der Waals surface area contributed by atoms with Gasteiger partial charge in [0.2, 0.25) is 11.7 Å². The molecule has 1 aromatic carbocycles. The summed E-state index contributed by atoms with van der Waals surface area (Å²) in [6, 6.07) is 9.56. The number of rotatable bonds is 8. The molecule has 3 aromatic rings. The first kappa shape index (κ1) is 21.6. The summed E-state index contributed by atoms with van der Waals surface area (Å²) in [6.45, 7) is 1.18. The molecule has 0 radical (unpaired) electrons. The van der Waals surface area contributed by atoms with Crippen molar-refractivity contribution < 1.29 is 28.7 Å². The maximum atomic E-state index is 13.5. The normalized spacial score (nSPS) is 16.4. The van der Waals surface area contributed by atoms with Crippen molar-refractivity contribution in [2.24, 2.45) is 0 Å². The zero-order valence-corrected chi connectivity index (χ0v) is 18.3. The molecule has 0 saturated heterocycles. The van der Waals surface area contributed by atoms with Crippen molar-refractivity contribution in [2.75, 3.05) is 34.3 Å². The van der Waals surface area contributed by atoms with Gasteiger partial charge in [-0.25, -0.2) is 0 Å². The van der Waals surface area contributed by atoms with Crippen molar-refractivity contribution in [3.63, 3.8) is 0 Å². The van der Waals surface area contributed by atoms with E-state index < -0.39 is 23.5 Å². The fourth-order valence-corrected chi connectivity index (χ4v) is 4.03. The third-order valence-corrected chi connectivity index (χ3v) is 5.56. The van der Waals surface area contributed by atoms with Gasteiger partial charge in [0, 0.05) is 36.3 Å². The number of hydrogen-bond donors (Lipinski definition) is 1. The summed E-state index contributed by atoms with van der Waals surface area (Å²) in [5.41, 5.74) is 0.915. The number of carbonyl (C=O) groups is 2. The molecule has 0 saturated carbocycles. The van der Waals surface area contributed by atoms with Gasteiger partial charge in [0.05, 0.1) is 33.8 Å². The lowest BCUT2D eigenvalue weighted by molar-refractivity contribution is -0.858. The number of Topliss-reactive ketones (excluding diaryl/α,β-unsaturated/α-hetero) is 1. The van der Waals surface area contributed by atoms with Gasteiger partial charge in [0.15, 0.2) is 17.1 Å². The maximum absolute atomic E-state index is 13.5. The molecule has 0 bridgehead atoms. The molecule has 0 aliphatic carbocycles. The molecule has 1 amide bonds. The van der Waals surface area contributed by atoms with E-state index in [-0.39, 0.29) is 11.3 Å². The third-order valence-electron chi connectivity index (χ3n) is 5.56. The van der Waals surface area contributed by atoms with Gasteiger partial charge in [-0.3, -0.25) is 14.6 Å². The van der Waals surface area contributed by atoms with E-state index in [9.17, 15) is 14.7 Å². The van der Waals surface area contributed by atoms with Crippen LogP contribution in [0.3, 0.4) is 0 Å². The minimum Gasteiger partial charge on any atom is -0.868 e. The second kappa shape index (κ2) is 8.84. The molecule has 32 heavy (non-hydrogen) atoms. The average molecular weight is 435 g/mol. The van der Waals surface area contributed by atoms with Crippen LogP contribution >= 0.6 is 0 Å². The number of hydrogen-bond acceptors (Lipinski definition) is 6. The molecular formula is C24H25N3O5. The fourth-order valence-electron chi connectivity index (χ4n) is 4.03. The molecule has 8 nitrogen and oxygen atoms in total. The van der Waals surface area contributed by atoms with Crippen molar-refractivity contribution in [2.45, 2.75) is 12.5 Å². The third kappa shape index (κ3) is 3.85. The zero-order chi connectivity index (χ0) is 22.8. The highest BCUT2D eigenvalue weighted by molar-refractivity contribution is 6.15. The second-order valence-electron chi connectivity index (χ2n) is 8.06. The van der Waals surface area contributed by atoms with Crippen LogP contribution in [0.5, 0.6) is 5.75 Å². The summed E-state index contributed by atoms with van der Waals surface area (Å²) in [6.07, 6.45) is 3.88. The zero-order valence-electron chi connectivity index (χ0n) is 18.3. The van der Waals surface area contributed by atoms with Gasteiger partial charge < -0.3 is 24.1 Å². The Balaban J connectivity index is 1.75. The number of aromatic nitrogens is 1. The number of ketones is 1. The molecule has 1 atom stereocenters. The van der Waals surface area contributed by atoms with E-state index >= 15 is 0 Å². The van der Waals surface area contributed by atoms with Crippen LogP contribution in [0.15, 0.2) is 64.5 Å². The summed E-state index contributed by atoms with van der Waals surface area (Å²) in [5, 5.41) is 13.7. The van der Waals surface area contributed by atoms with Crippen molar-refractivity contribution >= 4 is 22.7 Å². The lowest BCUT2D eigenvalue weighted by atomic mass is 9.96. The summed E-state index contributed by atoms with van der Waals surface area (Å²) in [7, 11) is 5.55. The molecule has 1 aliphatic heterocycles. The number of para-hydroxylation sites is 1. The van der Waals surface area contributed by atoms with E-state index in [1.54, 1.807) is 48.8 Å². The van der Waals surface area contributed by atoms with E-state index in [0.29, 0.717) is 35.2 Å². The Hall–Kier alpha value is -3.65. The van der Waals surface area contributed by atoms with Crippen LogP contribution in [0.25, 0.3) is 11.0 Å². The predicted molar refractivity (Wildman–Crippen MR) is 115 cm³/mol. The molecule has 0 fully saturated rings. The van der Waals surface area contributed by atoms with Crippen LogP contribution in [-0.4, -0.2) is 55.9 Å². The molecule has 8 heteroatoms. The number of benzene rings is 1. The number of fused-ring (bicyclic) bond motifs is 1. The van der Waals surface area contributed by atoms with E-state index in [1.165, 1.54) is 16.9 Å². The first-order valence-corrected chi connectivity index (χ1v) is 10.4. The van der Waals surface area contributed by atoms with Crippen LogP contribution in [0.2, 0.25) is 0 Å². The molecule has 2 aromatic heterocycles. The molecule has 1 aliphatic rings. The number of quaternary nitrogens is 1. The van der Waals surface area contributed by atoms with Crippen LogP contribution in [0.1, 0.15) is 28.6 Å². The monoisotopic (exact) mass is 435 g/mol. The Morgan fingerprint density at radius 3 is 2.78 bits per heavy atom. The highest BCUT2D eigenvalue weighted by Gasteiger charge is 2.40. The number of pyridine rings is 1. The molecule has 1 unspecified atom stereocenters. The maximum Gasteiger partial charge on any atom is 0.239 e. The quantitative estimate of drug-likeness (QED) is 0.524. The van der Waals surface area contributed by atoms with Crippen molar-refractivity contribution in [1.82, 2.24) is 9.88 Å². The number of furan rings is 1. The van der Waals surface area contributed by atoms with E-state index in [1.807, 2.05) is 14.1 Å². The van der Waals surface area contributed by atoms with E-state index in [4.69, 9.17) is 9.15 Å². The summed E-state index contributed by atoms with van der Waals surface area (Å²) < 4.78 is 11.1. The lowest BCUT2D eigenvalue weighted by Crippen LogP contribution is -3.05. The Morgan fingerprint density at radius 2 is 2.09 bits per heavy atom. The topological polar surface area (TPSA) is 100 Å². The standard InChI is InChI=1S/C24H25N3O5/c1-26(2)11-6-12-27-20(16-8-5-10-25-14-16)19(22(29)24(27)30)21(28)18-13-15-7-4-9-17(31-3)23(15)32-18/h4-5,7-10,13-14,20,29H,6,11-12H2,1-3H3. The number of nitrogens with zero attached hydrogens (tertiary/aromatic N) is 2. The summed E-state index contributed by atoms with van der Waals surface area (Å²) in [5.74, 6) is -1.60. The number of nitrogens with one attached hydrogen (secondary N) is 1. The summed E-state index contributed by atoms with van der Waals surface area (Å²) in [4.78, 5) is 33.2. The SMILES string of the molecule is COc1cccc2cc(C(=O)C3=C([O-])C(=O)N(CCC[NH+](C)C)C3c3cccnc3)oc12. The van der Waals surface area contributed by atoms with E-state index in [2.05, 4.69) is 4.98 Å². The van der Waals surface area contributed by atoms with Gasteiger partial charge in [-0.15, -0.1) is 0 Å². The fraction of sp³-hybridized carbons (Fsp3) is 0.292. The predicted octanol–water partition coefficient (Wildman–Crippen LogP) is 0.752. The van der Waals surface area contributed by atoms with Crippen LogP contribution in [0, 0.1) is 0 Å². The highest BCUT2D eigenvalue weighted by atomic mass is 16.5. The number of carbonyl (C=O) groups excluding carboxylic acids is 2. The van der Waals surface area contributed by atoms with E-state index in [0.717, 1.165) is 6.54 Å². The lowest BCUT2D eigenvalue weighted by Gasteiger charge is -2.27. The summed E-state index contributed by atoms with van der Waals surface area (Å²) >= 11 is 0. The van der Waals surface area contributed by atoms with Crippen LogP contribution in [0.4, 0.5) is 0 Å².